The summed E-state index contributed by atoms with van der Waals surface area (Å²) >= 11 is 0. The molecule has 0 saturated heterocycles. The zero-order chi connectivity index (χ0) is 11.9. The van der Waals surface area contributed by atoms with E-state index < -0.39 is 10.1 Å². The van der Waals surface area contributed by atoms with E-state index in [-0.39, 0.29) is 46.0 Å². The number of rotatable bonds is 1. The summed E-state index contributed by atoms with van der Waals surface area (Å²) in [6, 6.07) is 6.36. The third-order valence-corrected chi connectivity index (χ3v) is 3.09. The van der Waals surface area contributed by atoms with Crippen LogP contribution in [0.2, 0.25) is 0 Å². The third kappa shape index (κ3) is 2.72. The average Bonchev–Trinajstić information content (AvgIpc) is 2.22. The van der Waals surface area contributed by atoms with Crippen LogP contribution in [0, 0.1) is 0 Å². The van der Waals surface area contributed by atoms with E-state index in [1.54, 1.807) is 0 Å². The van der Waals surface area contributed by atoms with Gasteiger partial charge in [0.05, 0.1) is 4.90 Å². The van der Waals surface area contributed by atoms with Gasteiger partial charge in [-0.15, -0.1) is 0 Å². The first-order valence-electron chi connectivity index (χ1n) is 4.32. The van der Waals surface area contributed by atoms with E-state index in [1.165, 1.54) is 24.3 Å². The summed E-state index contributed by atoms with van der Waals surface area (Å²) in [6.45, 7) is 0. The van der Waals surface area contributed by atoms with Crippen molar-refractivity contribution in [1.29, 1.82) is 0 Å². The van der Waals surface area contributed by atoms with E-state index in [0.717, 1.165) is 6.07 Å². The van der Waals surface area contributed by atoms with Crippen LogP contribution in [0.15, 0.2) is 35.2 Å². The van der Waals surface area contributed by atoms with Crippen LogP contribution in [-0.4, -0.2) is 52.7 Å². The van der Waals surface area contributed by atoms with Gasteiger partial charge in [-0.3, -0.25) is 4.55 Å². The molecule has 0 aromatic heterocycles. The first kappa shape index (κ1) is 14.3. The summed E-state index contributed by atoms with van der Waals surface area (Å²) in [4.78, 5) is -0.259. The predicted molar refractivity (Wildman–Crippen MR) is 64.2 cm³/mol. The Morgan fingerprint density at radius 1 is 1.00 bits per heavy atom. The molecule has 5 nitrogen and oxygen atoms in total. The number of phenols is 2. The number of phenolic OH excluding ortho intramolecular Hbond substituents is 2. The van der Waals surface area contributed by atoms with Crippen LogP contribution in [0.1, 0.15) is 0 Å². The second-order valence-corrected chi connectivity index (χ2v) is 4.71. The maximum atomic E-state index is 10.9. The molecule has 0 bridgehead atoms. The summed E-state index contributed by atoms with van der Waals surface area (Å²) in [7, 11) is -4.26. The van der Waals surface area contributed by atoms with Gasteiger partial charge >= 0.3 is 29.6 Å². The number of hydrogen-bond donors (Lipinski definition) is 3. The minimum absolute atomic E-state index is 0. The van der Waals surface area contributed by atoms with Crippen LogP contribution < -0.4 is 0 Å². The third-order valence-electron chi connectivity index (χ3n) is 2.24. The van der Waals surface area contributed by atoms with E-state index >= 15 is 0 Å². The molecule has 0 aliphatic heterocycles. The van der Waals surface area contributed by atoms with Crippen LogP contribution in [0.4, 0.5) is 0 Å². The Hall–Kier alpha value is -0.790. The van der Waals surface area contributed by atoms with Crippen LogP contribution in [0.3, 0.4) is 0 Å². The molecule has 0 atom stereocenters. The van der Waals surface area contributed by atoms with Gasteiger partial charge in [0.2, 0.25) is 0 Å². The summed E-state index contributed by atoms with van der Waals surface area (Å²) in [5, 5.41) is 19.4. The van der Waals surface area contributed by atoms with Crippen LogP contribution in [-0.2, 0) is 10.1 Å². The zero-order valence-electron chi connectivity index (χ0n) is 7.95. The Kier molecular flexibility index (Phi) is 4.06. The molecule has 0 amide bonds. The second-order valence-electron chi connectivity index (χ2n) is 3.29. The van der Waals surface area contributed by atoms with Crippen molar-refractivity contribution in [1.82, 2.24) is 0 Å². The Labute approximate surface area is 120 Å². The Morgan fingerprint density at radius 3 is 2.24 bits per heavy atom. The molecule has 0 heterocycles. The van der Waals surface area contributed by atoms with Gasteiger partial charge in [-0.2, -0.15) is 8.42 Å². The fourth-order valence-corrected chi connectivity index (χ4v) is 1.96. The molecule has 86 valence electrons. The summed E-state index contributed by atoms with van der Waals surface area (Å²) < 4.78 is 30.6. The van der Waals surface area contributed by atoms with Crippen LogP contribution >= 0.6 is 0 Å². The van der Waals surface area contributed by atoms with E-state index in [4.69, 9.17) is 4.55 Å². The van der Waals surface area contributed by atoms with Crippen molar-refractivity contribution < 1.29 is 23.2 Å². The van der Waals surface area contributed by atoms with Crippen molar-refractivity contribution in [3.05, 3.63) is 30.3 Å². The molecule has 0 saturated carbocycles. The fraction of sp³-hybridized carbons (Fsp3) is 0. The van der Waals surface area contributed by atoms with Gasteiger partial charge in [0.1, 0.15) is 0 Å². The van der Waals surface area contributed by atoms with Crippen molar-refractivity contribution >= 4 is 50.4 Å². The van der Waals surface area contributed by atoms with Crippen molar-refractivity contribution in [3.63, 3.8) is 0 Å². The standard InChI is InChI=1S/C10H8O5S.Na.H/c11-9-4-1-6-5-7(16(13,14)15)2-3-8(6)10(9)12;;/h1-5,11-12H,(H,13,14,15);;. The molecule has 0 unspecified atom stereocenters. The summed E-state index contributed by atoms with van der Waals surface area (Å²) in [6.07, 6.45) is 0. The molecule has 0 radical (unpaired) electrons. The predicted octanol–water partition coefficient (Wildman–Crippen LogP) is 0.849. The van der Waals surface area contributed by atoms with E-state index in [0.29, 0.717) is 10.8 Å². The molecule has 7 heteroatoms. The quantitative estimate of drug-likeness (QED) is 0.403. The summed E-state index contributed by atoms with van der Waals surface area (Å²) in [5.41, 5.74) is 0. The van der Waals surface area contributed by atoms with Gasteiger partial charge in [-0.1, -0.05) is 6.07 Å². The average molecular weight is 264 g/mol. The molecule has 2 rings (SSSR count). The molecule has 0 spiro atoms. The molecule has 3 N–H and O–H groups in total. The van der Waals surface area contributed by atoms with Gasteiger partial charge in [0, 0.05) is 5.39 Å². The van der Waals surface area contributed by atoms with Crippen molar-refractivity contribution in [2.45, 2.75) is 4.90 Å². The summed E-state index contributed by atoms with van der Waals surface area (Å²) in [5.74, 6) is -0.605. The van der Waals surface area contributed by atoms with E-state index in [2.05, 4.69) is 0 Å². The topological polar surface area (TPSA) is 94.8 Å². The first-order valence-corrected chi connectivity index (χ1v) is 5.76. The minimum atomic E-state index is -4.26. The number of hydrogen-bond acceptors (Lipinski definition) is 4. The van der Waals surface area contributed by atoms with Gasteiger partial charge in [0.25, 0.3) is 10.1 Å². The molecule has 0 fully saturated rings. The Morgan fingerprint density at radius 2 is 1.65 bits per heavy atom. The Balaban J connectivity index is 0.00000144. The number of aromatic hydroxyl groups is 2. The van der Waals surface area contributed by atoms with Gasteiger partial charge < -0.3 is 10.2 Å². The normalized spacial score (nSPS) is 11.1. The fourth-order valence-electron chi connectivity index (χ4n) is 1.44. The van der Waals surface area contributed by atoms with Gasteiger partial charge in [0.15, 0.2) is 11.5 Å². The van der Waals surface area contributed by atoms with Crippen molar-refractivity contribution in [2.24, 2.45) is 0 Å². The molecular formula is C10H9NaO5S. The number of fused-ring (bicyclic) bond motifs is 1. The van der Waals surface area contributed by atoms with E-state index in [9.17, 15) is 18.6 Å². The number of benzene rings is 2. The van der Waals surface area contributed by atoms with E-state index in [1.807, 2.05) is 0 Å². The molecular weight excluding hydrogens is 255 g/mol. The molecule has 2 aromatic carbocycles. The maximum absolute atomic E-state index is 10.9. The van der Waals surface area contributed by atoms with Gasteiger partial charge in [-0.25, -0.2) is 0 Å². The molecule has 2 aromatic rings. The van der Waals surface area contributed by atoms with Crippen LogP contribution in [0.25, 0.3) is 10.8 Å². The monoisotopic (exact) mass is 264 g/mol. The first-order chi connectivity index (χ1) is 7.39. The zero-order valence-corrected chi connectivity index (χ0v) is 8.77. The molecule has 0 aliphatic rings. The molecule has 17 heavy (non-hydrogen) atoms. The van der Waals surface area contributed by atoms with Crippen molar-refractivity contribution in [2.75, 3.05) is 0 Å². The SMILES string of the molecule is O=S(=O)(O)c1ccc2c(O)c(O)ccc2c1.[NaH]. The Bertz CT molecular complexity index is 666. The second kappa shape index (κ2) is 4.83. The van der Waals surface area contributed by atoms with Crippen molar-refractivity contribution in [3.8, 4) is 11.5 Å². The van der Waals surface area contributed by atoms with Gasteiger partial charge in [-0.05, 0) is 29.7 Å². The molecule has 0 aliphatic carbocycles. The van der Waals surface area contributed by atoms with Crippen LogP contribution in [0.5, 0.6) is 11.5 Å².